The van der Waals surface area contributed by atoms with Crippen LogP contribution in [0.3, 0.4) is 0 Å². The fraction of sp³-hybridized carbons (Fsp3) is 0.333. The van der Waals surface area contributed by atoms with Gasteiger partial charge in [0.15, 0.2) is 0 Å². The molecule has 10 heteroatoms. The average molecular weight is 375 g/mol. The smallest absolute Gasteiger partial charge is 0.236 e. The maximum atomic E-state index is 12.1. The monoisotopic (exact) mass is 375 g/mol. The fourth-order valence-electron chi connectivity index (χ4n) is 2.17. The van der Waals surface area contributed by atoms with Gasteiger partial charge in [0.05, 0.1) is 11.4 Å². The van der Waals surface area contributed by atoms with Crippen molar-refractivity contribution in [3.8, 4) is 5.69 Å². The van der Waals surface area contributed by atoms with E-state index in [1.165, 1.54) is 23.1 Å². The van der Waals surface area contributed by atoms with Crippen LogP contribution in [0.4, 0.5) is 5.13 Å². The van der Waals surface area contributed by atoms with Gasteiger partial charge in [0.2, 0.25) is 16.2 Å². The van der Waals surface area contributed by atoms with Crippen molar-refractivity contribution < 1.29 is 4.79 Å². The molecule has 0 fully saturated rings. The summed E-state index contributed by atoms with van der Waals surface area (Å²) in [6.07, 6.45) is 1.67. The quantitative estimate of drug-likeness (QED) is 0.633. The molecule has 8 nitrogen and oxygen atoms in total. The molecule has 2 aromatic heterocycles. The van der Waals surface area contributed by atoms with Gasteiger partial charge < -0.3 is 0 Å². The van der Waals surface area contributed by atoms with Crippen molar-refractivity contribution in [2.24, 2.45) is 0 Å². The Balaban J connectivity index is 1.66. The summed E-state index contributed by atoms with van der Waals surface area (Å²) in [5.74, 6) is 0.0255. The zero-order valence-electron chi connectivity index (χ0n) is 13.8. The Bertz CT molecular complexity index is 861. The van der Waals surface area contributed by atoms with E-state index in [4.69, 9.17) is 0 Å². The number of carbonyl (C=O) groups is 1. The van der Waals surface area contributed by atoms with E-state index >= 15 is 0 Å². The highest BCUT2D eigenvalue weighted by Gasteiger charge is 2.14. The molecule has 3 aromatic rings. The number of aryl methyl sites for hydroxylation is 2. The van der Waals surface area contributed by atoms with Gasteiger partial charge in [-0.15, -0.1) is 15.3 Å². The molecule has 0 unspecified atom stereocenters. The van der Waals surface area contributed by atoms with Gasteiger partial charge >= 0.3 is 0 Å². The number of rotatable bonds is 7. The number of aromatic nitrogens is 6. The third-order valence-electron chi connectivity index (χ3n) is 3.39. The lowest BCUT2D eigenvalue weighted by Crippen LogP contribution is -2.14. The van der Waals surface area contributed by atoms with E-state index in [2.05, 4.69) is 38.0 Å². The summed E-state index contributed by atoms with van der Waals surface area (Å²) in [5, 5.41) is 24.5. The van der Waals surface area contributed by atoms with Gasteiger partial charge in [0.25, 0.3) is 0 Å². The molecule has 0 radical (unpaired) electrons. The van der Waals surface area contributed by atoms with Crippen LogP contribution < -0.4 is 5.32 Å². The van der Waals surface area contributed by atoms with E-state index in [-0.39, 0.29) is 11.7 Å². The fourth-order valence-corrected chi connectivity index (χ4v) is 3.55. The number of anilines is 1. The average Bonchev–Trinajstić information content (AvgIpc) is 3.28. The SMILES string of the molecule is CCc1nnc(NC(=O)CSc2nnnn2-c2ccccc2CC)s1. The highest BCUT2D eigenvalue weighted by atomic mass is 32.2. The minimum Gasteiger partial charge on any atom is -0.300 e. The molecule has 25 heavy (non-hydrogen) atoms. The molecule has 0 saturated carbocycles. The Hall–Kier alpha value is -2.33. The summed E-state index contributed by atoms with van der Waals surface area (Å²) in [6.45, 7) is 4.08. The maximum absolute atomic E-state index is 12.1. The van der Waals surface area contributed by atoms with E-state index in [1.54, 1.807) is 4.68 Å². The second-order valence-electron chi connectivity index (χ2n) is 5.05. The van der Waals surface area contributed by atoms with Gasteiger partial charge in [-0.3, -0.25) is 10.1 Å². The minimum absolute atomic E-state index is 0.165. The Kier molecular flexibility index (Phi) is 5.71. The van der Waals surface area contributed by atoms with Gasteiger partial charge in [-0.1, -0.05) is 55.1 Å². The first-order valence-corrected chi connectivity index (χ1v) is 9.63. The van der Waals surface area contributed by atoms with Crippen LogP contribution in [0.1, 0.15) is 24.4 Å². The molecule has 0 aliphatic carbocycles. The number of nitrogens with zero attached hydrogens (tertiary/aromatic N) is 6. The summed E-state index contributed by atoms with van der Waals surface area (Å²) in [5.41, 5.74) is 2.07. The van der Waals surface area contributed by atoms with E-state index < -0.39 is 0 Å². The van der Waals surface area contributed by atoms with E-state index in [1.807, 2.05) is 31.2 Å². The molecule has 1 amide bonds. The first-order chi connectivity index (χ1) is 12.2. The van der Waals surface area contributed by atoms with E-state index in [0.717, 1.165) is 29.1 Å². The standard InChI is InChI=1S/C15H17N7OS2/c1-3-10-7-5-6-8-11(10)22-15(19-20-21-22)24-9-12(23)16-14-18-17-13(4-2)25-14/h5-8H,3-4,9H2,1-2H3,(H,16,18,23). The Morgan fingerprint density at radius 3 is 2.80 bits per heavy atom. The third-order valence-corrected chi connectivity index (χ3v) is 5.29. The molecule has 130 valence electrons. The number of hydrogen-bond donors (Lipinski definition) is 1. The summed E-state index contributed by atoms with van der Waals surface area (Å²) >= 11 is 2.66. The van der Waals surface area contributed by atoms with Crippen molar-refractivity contribution in [1.82, 2.24) is 30.4 Å². The topological polar surface area (TPSA) is 98.5 Å². The summed E-state index contributed by atoms with van der Waals surface area (Å²) < 4.78 is 1.66. The summed E-state index contributed by atoms with van der Waals surface area (Å²) in [6, 6.07) is 7.93. The predicted molar refractivity (Wildman–Crippen MR) is 97.2 cm³/mol. The Labute approximate surface area is 153 Å². The van der Waals surface area contributed by atoms with Crippen LogP contribution in [0.5, 0.6) is 0 Å². The number of amides is 1. The molecular weight excluding hydrogens is 358 g/mol. The van der Waals surface area contributed by atoms with Crippen LogP contribution >= 0.6 is 23.1 Å². The molecule has 3 rings (SSSR count). The van der Waals surface area contributed by atoms with E-state index in [9.17, 15) is 4.79 Å². The largest absolute Gasteiger partial charge is 0.300 e. The maximum Gasteiger partial charge on any atom is 0.236 e. The minimum atomic E-state index is -0.165. The summed E-state index contributed by atoms with van der Waals surface area (Å²) in [4.78, 5) is 12.1. The lowest BCUT2D eigenvalue weighted by molar-refractivity contribution is -0.113. The second kappa shape index (κ2) is 8.17. The molecule has 0 saturated heterocycles. The number of thioether (sulfide) groups is 1. The van der Waals surface area contributed by atoms with Crippen LogP contribution in [0, 0.1) is 0 Å². The highest BCUT2D eigenvalue weighted by Crippen LogP contribution is 2.22. The number of nitrogens with one attached hydrogen (secondary N) is 1. The molecule has 0 atom stereocenters. The molecule has 2 heterocycles. The molecular formula is C15H17N7OS2. The molecule has 0 spiro atoms. The van der Waals surface area contributed by atoms with Crippen molar-refractivity contribution in [3.05, 3.63) is 34.8 Å². The number of benzene rings is 1. The van der Waals surface area contributed by atoms with Crippen molar-refractivity contribution in [2.75, 3.05) is 11.1 Å². The van der Waals surface area contributed by atoms with Crippen molar-refractivity contribution in [3.63, 3.8) is 0 Å². The zero-order chi connectivity index (χ0) is 17.6. The summed E-state index contributed by atoms with van der Waals surface area (Å²) in [7, 11) is 0. The zero-order valence-corrected chi connectivity index (χ0v) is 15.5. The Morgan fingerprint density at radius 2 is 2.04 bits per heavy atom. The lowest BCUT2D eigenvalue weighted by atomic mass is 10.1. The van der Waals surface area contributed by atoms with Gasteiger partial charge in [-0.2, -0.15) is 4.68 Å². The van der Waals surface area contributed by atoms with Gasteiger partial charge in [0.1, 0.15) is 5.01 Å². The predicted octanol–water partition coefficient (Wildman–Crippen LogP) is 2.37. The van der Waals surface area contributed by atoms with Crippen molar-refractivity contribution in [1.29, 1.82) is 0 Å². The molecule has 1 N–H and O–H groups in total. The first kappa shape index (κ1) is 17.5. The van der Waals surface area contributed by atoms with Crippen LogP contribution in [-0.2, 0) is 17.6 Å². The Morgan fingerprint density at radius 1 is 1.20 bits per heavy atom. The number of tetrazole rings is 1. The molecule has 0 bridgehead atoms. The highest BCUT2D eigenvalue weighted by molar-refractivity contribution is 7.99. The number of para-hydroxylation sites is 1. The third kappa shape index (κ3) is 4.20. The number of hydrogen-bond acceptors (Lipinski definition) is 8. The van der Waals surface area contributed by atoms with Crippen molar-refractivity contribution >= 4 is 34.1 Å². The van der Waals surface area contributed by atoms with E-state index in [0.29, 0.717) is 10.3 Å². The van der Waals surface area contributed by atoms with Gasteiger partial charge in [-0.05, 0) is 34.9 Å². The number of carbonyl (C=O) groups excluding carboxylic acids is 1. The molecule has 0 aliphatic rings. The van der Waals surface area contributed by atoms with Crippen LogP contribution in [0.2, 0.25) is 0 Å². The van der Waals surface area contributed by atoms with Crippen LogP contribution in [0.25, 0.3) is 5.69 Å². The first-order valence-electron chi connectivity index (χ1n) is 7.83. The molecule has 0 aliphatic heterocycles. The van der Waals surface area contributed by atoms with Gasteiger partial charge in [0, 0.05) is 0 Å². The normalized spacial score (nSPS) is 10.8. The van der Waals surface area contributed by atoms with Gasteiger partial charge in [-0.25, -0.2) is 0 Å². The van der Waals surface area contributed by atoms with Crippen molar-refractivity contribution in [2.45, 2.75) is 31.8 Å². The second-order valence-corrected chi connectivity index (χ2v) is 7.05. The van der Waals surface area contributed by atoms with Crippen LogP contribution in [0.15, 0.2) is 29.4 Å². The van der Waals surface area contributed by atoms with Crippen LogP contribution in [-0.4, -0.2) is 42.1 Å². The lowest BCUT2D eigenvalue weighted by Gasteiger charge is -2.08. The molecule has 1 aromatic carbocycles.